The first-order valence-electron chi connectivity index (χ1n) is 12.5. The van der Waals surface area contributed by atoms with E-state index < -0.39 is 17.7 Å². The number of phenolic OH excluding ortho intramolecular Hbond substituents is 1. The zero-order chi connectivity index (χ0) is 28.1. The third kappa shape index (κ3) is 3.93. The number of benzene rings is 2. The summed E-state index contributed by atoms with van der Waals surface area (Å²) in [5, 5.41) is 22.3. The molecular formula is C29H24N4O6S. The average Bonchev–Trinajstić information content (AvgIpc) is 3.60. The largest absolute Gasteiger partial charge is 0.505 e. The van der Waals surface area contributed by atoms with E-state index in [4.69, 9.17) is 9.47 Å². The molecule has 1 atom stereocenters. The number of aryl methyl sites for hydroxylation is 1. The summed E-state index contributed by atoms with van der Waals surface area (Å²) in [6, 6.07) is 14.2. The van der Waals surface area contributed by atoms with Gasteiger partial charge in [-0.05, 0) is 61.9 Å². The third-order valence-electron chi connectivity index (χ3n) is 6.76. The Labute approximate surface area is 232 Å². The van der Waals surface area contributed by atoms with Crippen LogP contribution in [-0.2, 0) is 9.59 Å². The summed E-state index contributed by atoms with van der Waals surface area (Å²) >= 11 is 1.22. The molecule has 10 nitrogen and oxygen atoms in total. The maximum absolute atomic E-state index is 13.7. The van der Waals surface area contributed by atoms with Gasteiger partial charge in [-0.25, -0.2) is 9.97 Å². The Bertz CT molecular complexity index is 1860. The van der Waals surface area contributed by atoms with Gasteiger partial charge in [-0.15, -0.1) is 0 Å². The zero-order valence-electron chi connectivity index (χ0n) is 21.8. The minimum Gasteiger partial charge on any atom is -0.505 e. The van der Waals surface area contributed by atoms with Crippen molar-refractivity contribution < 1.29 is 29.3 Å². The number of carbonyl (C=O) groups excluding carboxylic acids is 2. The summed E-state index contributed by atoms with van der Waals surface area (Å²) in [5.41, 5.74) is 2.32. The van der Waals surface area contributed by atoms with Gasteiger partial charge in [0.2, 0.25) is 0 Å². The van der Waals surface area contributed by atoms with Gasteiger partial charge in [-0.1, -0.05) is 23.5 Å². The number of hydrogen-bond acceptors (Lipinski definition) is 9. The van der Waals surface area contributed by atoms with Gasteiger partial charge in [0.1, 0.15) is 17.1 Å². The second-order valence-electron chi connectivity index (χ2n) is 9.13. The molecule has 6 rings (SSSR count). The molecule has 1 unspecified atom stereocenters. The number of hydrogen-bond donors (Lipinski definition) is 2. The predicted molar refractivity (Wildman–Crippen MR) is 150 cm³/mol. The number of imidazole rings is 1. The molecule has 0 aliphatic carbocycles. The van der Waals surface area contributed by atoms with Crippen molar-refractivity contribution in [2.75, 3.05) is 18.6 Å². The number of anilines is 1. The van der Waals surface area contributed by atoms with E-state index in [1.807, 2.05) is 6.07 Å². The van der Waals surface area contributed by atoms with Crippen LogP contribution in [0.3, 0.4) is 0 Å². The number of ether oxygens (including phenoxy) is 2. The standard InChI is InChI=1S/C29H24N4O6S/c1-4-39-20-13-16(8-11-19(20)34)25-23(26(35)24-15(2)30-22-7-5-6-12-32(22)24)27(36)28(37)33(25)29-31-18-10-9-17(38-3)14-21(18)40-29/h5-14,25,34-35H,4H2,1-3H3/b26-23+. The Hall–Kier alpha value is -4.90. The molecule has 3 aromatic heterocycles. The van der Waals surface area contributed by atoms with Crippen LogP contribution in [0.2, 0.25) is 0 Å². The van der Waals surface area contributed by atoms with E-state index in [-0.39, 0.29) is 34.6 Å². The quantitative estimate of drug-likeness (QED) is 0.170. The van der Waals surface area contributed by atoms with Crippen molar-refractivity contribution in [1.29, 1.82) is 0 Å². The van der Waals surface area contributed by atoms with Gasteiger partial charge in [0.15, 0.2) is 22.4 Å². The van der Waals surface area contributed by atoms with Crippen molar-refractivity contribution in [3.63, 3.8) is 0 Å². The SMILES string of the molecule is CCOc1cc(C2/C(=C(\O)c3c(C)nc4ccccn34)C(=O)C(=O)N2c2nc3ccc(OC)cc3s2)ccc1O. The van der Waals surface area contributed by atoms with E-state index in [2.05, 4.69) is 9.97 Å². The van der Waals surface area contributed by atoms with Gasteiger partial charge in [-0.2, -0.15) is 0 Å². The lowest BCUT2D eigenvalue weighted by Crippen LogP contribution is -2.29. The summed E-state index contributed by atoms with van der Waals surface area (Å²) in [6.45, 7) is 3.79. The molecule has 1 amide bonds. The first-order chi connectivity index (χ1) is 19.3. The summed E-state index contributed by atoms with van der Waals surface area (Å²) in [7, 11) is 1.56. The molecule has 0 spiro atoms. The normalized spacial score (nSPS) is 16.8. The van der Waals surface area contributed by atoms with Crippen LogP contribution in [0, 0.1) is 6.92 Å². The van der Waals surface area contributed by atoms with Crippen molar-refractivity contribution >= 4 is 49.8 Å². The number of aromatic nitrogens is 3. The fourth-order valence-electron chi connectivity index (χ4n) is 4.97. The number of rotatable bonds is 6. The number of ketones is 1. The van der Waals surface area contributed by atoms with E-state index in [9.17, 15) is 19.8 Å². The third-order valence-corrected chi connectivity index (χ3v) is 7.78. The first kappa shape index (κ1) is 25.4. The number of Topliss-reactive ketones (excluding diaryl/α,β-unsaturated/α-hetero) is 1. The number of aliphatic hydroxyl groups is 1. The Morgan fingerprint density at radius 1 is 1.10 bits per heavy atom. The number of aliphatic hydroxyl groups excluding tert-OH is 1. The Morgan fingerprint density at radius 2 is 1.93 bits per heavy atom. The van der Waals surface area contributed by atoms with Crippen LogP contribution in [0.1, 0.15) is 29.9 Å². The van der Waals surface area contributed by atoms with Crippen molar-refractivity contribution in [3.05, 3.63) is 83.3 Å². The van der Waals surface area contributed by atoms with Crippen molar-refractivity contribution in [1.82, 2.24) is 14.4 Å². The summed E-state index contributed by atoms with van der Waals surface area (Å²) in [6.07, 6.45) is 1.73. The Balaban J connectivity index is 1.61. The summed E-state index contributed by atoms with van der Waals surface area (Å²) in [4.78, 5) is 37.8. The highest BCUT2D eigenvalue weighted by atomic mass is 32.1. The highest BCUT2D eigenvalue weighted by molar-refractivity contribution is 7.22. The second-order valence-corrected chi connectivity index (χ2v) is 10.1. The van der Waals surface area contributed by atoms with Gasteiger partial charge in [0.05, 0.1) is 41.2 Å². The van der Waals surface area contributed by atoms with E-state index >= 15 is 0 Å². The molecule has 1 saturated heterocycles. The van der Waals surface area contributed by atoms with Crippen LogP contribution < -0.4 is 14.4 Å². The number of phenols is 1. The lowest BCUT2D eigenvalue weighted by atomic mass is 9.96. The number of aromatic hydroxyl groups is 1. The zero-order valence-corrected chi connectivity index (χ0v) is 22.6. The maximum Gasteiger partial charge on any atom is 0.301 e. The van der Waals surface area contributed by atoms with Crippen LogP contribution in [0.4, 0.5) is 5.13 Å². The van der Waals surface area contributed by atoms with E-state index in [0.717, 1.165) is 4.70 Å². The van der Waals surface area contributed by atoms with Gasteiger partial charge in [0, 0.05) is 6.20 Å². The Kier molecular flexibility index (Phi) is 6.15. The second kappa shape index (κ2) is 9.69. The monoisotopic (exact) mass is 556 g/mol. The Morgan fingerprint density at radius 3 is 2.70 bits per heavy atom. The summed E-state index contributed by atoms with van der Waals surface area (Å²) in [5.74, 6) is -1.34. The maximum atomic E-state index is 13.7. The summed E-state index contributed by atoms with van der Waals surface area (Å²) < 4.78 is 13.3. The molecule has 1 aliphatic heterocycles. The lowest BCUT2D eigenvalue weighted by molar-refractivity contribution is -0.132. The number of nitrogens with zero attached hydrogens (tertiary/aromatic N) is 4. The predicted octanol–water partition coefficient (Wildman–Crippen LogP) is 4.99. The number of carbonyl (C=O) groups is 2. The van der Waals surface area contributed by atoms with Crippen molar-refractivity contribution in [2.45, 2.75) is 19.9 Å². The molecule has 2 aromatic carbocycles. The smallest absolute Gasteiger partial charge is 0.301 e. The number of fused-ring (bicyclic) bond motifs is 2. The van der Waals surface area contributed by atoms with Crippen LogP contribution in [0.5, 0.6) is 17.2 Å². The van der Waals surface area contributed by atoms with Crippen molar-refractivity contribution in [2.24, 2.45) is 0 Å². The van der Waals surface area contributed by atoms with Gasteiger partial charge in [0.25, 0.3) is 5.78 Å². The fourth-order valence-corrected chi connectivity index (χ4v) is 5.99. The highest BCUT2D eigenvalue weighted by Crippen LogP contribution is 2.46. The van der Waals surface area contributed by atoms with Crippen molar-refractivity contribution in [3.8, 4) is 17.2 Å². The van der Waals surface area contributed by atoms with Gasteiger partial charge >= 0.3 is 5.91 Å². The molecule has 1 fully saturated rings. The molecule has 1 aliphatic rings. The number of pyridine rings is 1. The molecule has 0 bridgehead atoms. The molecule has 5 aromatic rings. The molecular weight excluding hydrogens is 532 g/mol. The van der Waals surface area contributed by atoms with E-state index in [0.29, 0.717) is 33.9 Å². The number of methoxy groups -OCH3 is 1. The molecule has 202 valence electrons. The molecule has 2 N–H and O–H groups in total. The molecule has 0 radical (unpaired) electrons. The molecule has 11 heteroatoms. The van der Waals surface area contributed by atoms with E-state index in [1.54, 1.807) is 74.0 Å². The molecule has 40 heavy (non-hydrogen) atoms. The van der Waals surface area contributed by atoms with Crippen LogP contribution >= 0.6 is 11.3 Å². The van der Waals surface area contributed by atoms with E-state index in [1.165, 1.54) is 22.3 Å². The highest BCUT2D eigenvalue weighted by Gasteiger charge is 2.49. The van der Waals surface area contributed by atoms with Gasteiger partial charge in [-0.3, -0.25) is 18.9 Å². The number of amides is 1. The first-order valence-corrected chi connectivity index (χ1v) is 13.3. The van der Waals surface area contributed by atoms with Crippen LogP contribution in [-0.4, -0.2) is 50.0 Å². The van der Waals surface area contributed by atoms with Crippen LogP contribution in [0.15, 0.2) is 66.4 Å². The molecule has 0 saturated carbocycles. The molecule has 4 heterocycles. The number of thiazole rings is 1. The fraction of sp³-hybridized carbons (Fsp3) is 0.172. The minimum absolute atomic E-state index is 0.0905. The van der Waals surface area contributed by atoms with Gasteiger partial charge < -0.3 is 19.7 Å². The topological polar surface area (TPSA) is 126 Å². The average molecular weight is 557 g/mol. The lowest BCUT2D eigenvalue weighted by Gasteiger charge is -2.23. The minimum atomic E-state index is -1.06. The van der Waals surface area contributed by atoms with Crippen LogP contribution in [0.25, 0.3) is 21.6 Å².